The smallest absolute Gasteiger partial charge is 0.316 e. The fourth-order valence-electron chi connectivity index (χ4n) is 2.75. The van der Waals surface area contributed by atoms with Gasteiger partial charge in [-0.05, 0) is 50.7 Å². The number of esters is 1. The molecular weight excluding hydrogens is 264 g/mol. The summed E-state index contributed by atoms with van der Waals surface area (Å²) in [5, 5.41) is 0. The highest BCUT2D eigenvalue weighted by Gasteiger charge is 2.33. The maximum atomic E-state index is 12.5. The van der Waals surface area contributed by atoms with Crippen LogP contribution in [0.2, 0.25) is 0 Å². The third kappa shape index (κ3) is 3.93. The monoisotopic (exact) mass is 288 g/mol. The molecule has 1 aliphatic rings. The first kappa shape index (κ1) is 15.7. The van der Waals surface area contributed by atoms with Gasteiger partial charge in [-0.3, -0.25) is 4.79 Å². The SMILES string of the molecule is CC(C)(C(=O)OC1CCCCC1)c1ccc(CC=O)cc1. The first-order valence-electron chi connectivity index (χ1n) is 7.78. The van der Waals surface area contributed by atoms with Crippen molar-refractivity contribution in [3.63, 3.8) is 0 Å². The van der Waals surface area contributed by atoms with Crippen LogP contribution < -0.4 is 0 Å². The lowest BCUT2D eigenvalue weighted by Gasteiger charge is -2.28. The molecule has 114 valence electrons. The molecule has 3 heteroatoms. The van der Waals surface area contributed by atoms with Gasteiger partial charge in [0.25, 0.3) is 0 Å². The number of ether oxygens (including phenoxy) is 1. The van der Waals surface area contributed by atoms with Crippen LogP contribution in [0, 0.1) is 0 Å². The number of hydrogen-bond donors (Lipinski definition) is 0. The van der Waals surface area contributed by atoms with E-state index in [2.05, 4.69) is 0 Å². The molecule has 1 saturated carbocycles. The van der Waals surface area contributed by atoms with Crippen LogP contribution in [0.25, 0.3) is 0 Å². The summed E-state index contributed by atoms with van der Waals surface area (Å²) < 4.78 is 5.69. The van der Waals surface area contributed by atoms with Gasteiger partial charge in [-0.1, -0.05) is 30.7 Å². The Kier molecular flexibility index (Phi) is 5.16. The van der Waals surface area contributed by atoms with Crippen molar-refractivity contribution in [1.82, 2.24) is 0 Å². The van der Waals surface area contributed by atoms with Crippen LogP contribution in [0.15, 0.2) is 24.3 Å². The Morgan fingerprint density at radius 3 is 2.38 bits per heavy atom. The van der Waals surface area contributed by atoms with Crippen molar-refractivity contribution in [2.24, 2.45) is 0 Å². The summed E-state index contributed by atoms with van der Waals surface area (Å²) in [6, 6.07) is 7.64. The zero-order valence-electron chi connectivity index (χ0n) is 12.9. The van der Waals surface area contributed by atoms with Crippen LogP contribution in [0.4, 0.5) is 0 Å². The number of aldehydes is 1. The van der Waals surface area contributed by atoms with E-state index < -0.39 is 5.41 Å². The summed E-state index contributed by atoms with van der Waals surface area (Å²) in [6.07, 6.45) is 6.90. The zero-order valence-corrected chi connectivity index (χ0v) is 12.9. The molecule has 0 atom stereocenters. The molecule has 0 unspecified atom stereocenters. The molecule has 0 aliphatic heterocycles. The van der Waals surface area contributed by atoms with Crippen molar-refractivity contribution in [2.75, 3.05) is 0 Å². The van der Waals surface area contributed by atoms with Crippen LogP contribution >= 0.6 is 0 Å². The molecule has 1 aliphatic carbocycles. The maximum Gasteiger partial charge on any atom is 0.316 e. The van der Waals surface area contributed by atoms with Gasteiger partial charge in [0.05, 0.1) is 5.41 Å². The molecule has 0 aromatic heterocycles. The van der Waals surface area contributed by atoms with E-state index in [-0.39, 0.29) is 12.1 Å². The molecule has 0 heterocycles. The van der Waals surface area contributed by atoms with E-state index >= 15 is 0 Å². The lowest BCUT2D eigenvalue weighted by atomic mass is 9.84. The highest BCUT2D eigenvalue weighted by atomic mass is 16.5. The van der Waals surface area contributed by atoms with Gasteiger partial charge in [0.1, 0.15) is 12.4 Å². The summed E-state index contributed by atoms with van der Waals surface area (Å²) in [7, 11) is 0. The average molecular weight is 288 g/mol. The van der Waals surface area contributed by atoms with Crippen molar-refractivity contribution in [2.45, 2.75) is 63.9 Å². The van der Waals surface area contributed by atoms with Gasteiger partial charge in [-0.15, -0.1) is 0 Å². The van der Waals surface area contributed by atoms with E-state index in [4.69, 9.17) is 4.74 Å². The van der Waals surface area contributed by atoms with E-state index in [0.29, 0.717) is 6.42 Å². The minimum Gasteiger partial charge on any atom is -0.462 e. The second kappa shape index (κ2) is 6.88. The van der Waals surface area contributed by atoms with Crippen molar-refractivity contribution in [1.29, 1.82) is 0 Å². The van der Waals surface area contributed by atoms with Gasteiger partial charge in [-0.25, -0.2) is 0 Å². The third-order valence-corrected chi connectivity index (χ3v) is 4.33. The van der Waals surface area contributed by atoms with E-state index in [1.54, 1.807) is 0 Å². The second-order valence-corrected chi connectivity index (χ2v) is 6.36. The fourth-order valence-corrected chi connectivity index (χ4v) is 2.75. The Balaban J connectivity index is 2.04. The predicted molar refractivity (Wildman–Crippen MR) is 82.2 cm³/mol. The van der Waals surface area contributed by atoms with Crippen molar-refractivity contribution >= 4 is 12.3 Å². The van der Waals surface area contributed by atoms with E-state index in [1.165, 1.54) is 6.42 Å². The second-order valence-electron chi connectivity index (χ2n) is 6.36. The van der Waals surface area contributed by atoms with Crippen LogP contribution in [-0.4, -0.2) is 18.4 Å². The van der Waals surface area contributed by atoms with Gasteiger partial charge in [0.2, 0.25) is 0 Å². The number of benzene rings is 1. The zero-order chi connectivity index (χ0) is 15.3. The van der Waals surface area contributed by atoms with Crippen LogP contribution in [-0.2, 0) is 26.2 Å². The average Bonchev–Trinajstić information content (AvgIpc) is 2.49. The molecule has 0 amide bonds. The standard InChI is InChI=1S/C18H24O3/c1-18(2,15-10-8-14(9-11-15)12-13-19)17(20)21-16-6-4-3-5-7-16/h8-11,13,16H,3-7,12H2,1-2H3. The Bertz CT molecular complexity index is 482. The molecule has 1 aromatic carbocycles. The summed E-state index contributed by atoms with van der Waals surface area (Å²) in [4.78, 5) is 23.0. The quantitative estimate of drug-likeness (QED) is 0.614. The predicted octanol–water partition coefficient (Wildman–Crippen LogP) is 3.58. The molecule has 1 fully saturated rings. The minimum absolute atomic E-state index is 0.0832. The number of carbonyl (C=O) groups is 2. The van der Waals surface area contributed by atoms with Crippen LogP contribution in [0.3, 0.4) is 0 Å². The number of hydrogen-bond acceptors (Lipinski definition) is 3. The van der Waals surface area contributed by atoms with Gasteiger partial charge >= 0.3 is 5.97 Å². The Morgan fingerprint density at radius 2 is 1.81 bits per heavy atom. The molecular formula is C18H24O3. The summed E-state index contributed by atoms with van der Waals surface area (Å²) in [6.45, 7) is 3.79. The number of carbonyl (C=O) groups excluding carboxylic acids is 2. The Hall–Kier alpha value is -1.64. The first-order chi connectivity index (χ1) is 10.0. The highest BCUT2D eigenvalue weighted by Crippen LogP contribution is 2.28. The molecule has 0 spiro atoms. The van der Waals surface area contributed by atoms with Gasteiger partial charge in [0, 0.05) is 6.42 Å². The molecule has 1 aromatic rings. The molecule has 0 N–H and O–H groups in total. The largest absolute Gasteiger partial charge is 0.462 e. The first-order valence-corrected chi connectivity index (χ1v) is 7.78. The molecule has 3 nitrogen and oxygen atoms in total. The molecule has 0 bridgehead atoms. The molecule has 2 rings (SSSR count). The molecule has 0 saturated heterocycles. The van der Waals surface area contributed by atoms with Gasteiger partial charge in [0.15, 0.2) is 0 Å². The van der Waals surface area contributed by atoms with Crippen LogP contribution in [0.5, 0.6) is 0 Å². The van der Waals surface area contributed by atoms with Gasteiger partial charge in [-0.2, -0.15) is 0 Å². The van der Waals surface area contributed by atoms with Crippen molar-refractivity contribution < 1.29 is 14.3 Å². The van der Waals surface area contributed by atoms with E-state index in [9.17, 15) is 9.59 Å². The molecule has 21 heavy (non-hydrogen) atoms. The van der Waals surface area contributed by atoms with E-state index in [1.807, 2.05) is 38.1 Å². The van der Waals surface area contributed by atoms with Gasteiger partial charge < -0.3 is 9.53 Å². The third-order valence-electron chi connectivity index (χ3n) is 4.33. The number of rotatable bonds is 5. The lowest BCUT2D eigenvalue weighted by molar-refractivity contribution is -0.156. The Morgan fingerprint density at radius 1 is 1.19 bits per heavy atom. The summed E-state index contributed by atoms with van der Waals surface area (Å²) in [5.41, 5.74) is 1.24. The van der Waals surface area contributed by atoms with Crippen LogP contribution in [0.1, 0.15) is 57.1 Å². The highest BCUT2D eigenvalue weighted by molar-refractivity contribution is 5.82. The summed E-state index contributed by atoms with van der Waals surface area (Å²) in [5.74, 6) is -0.155. The lowest BCUT2D eigenvalue weighted by Crippen LogP contribution is -2.34. The molecule has 0 radical (unpaired) electrons. The normalized spacial score (nSPS) is 16.5. The van der Waals surface area contributed by atoms with E-state index in [0.717, 1.165) is 43.1 Å². The minimum atomic E-state index is -0.656. The fraction of sp³-hybridized carbons (Fsp3) is 0.556. The maximum absolute atomic E-state index is 12.5. The van der Waals surface area contributed by atoms with Crippen molar-refractivity contribution in [3.8, 4) is 0 Å². The topological polar surface area (TPSA) is 43.4 Å². The van der Waals surface area contributed by atoms with Crippen molar-refractivity contribution in [3.05, 3.63) is 35.4 Å². The Labute approximate surface area is 126 Å². The summed E-state index contributed by atoms with van der Waals surface area (Å²) >= 11 is 0.